The van der Waals surface area contributed by atoms with Gasteiger partial charge >= 0.3 is 0 Å². The number of alkyl halides is 1. The zero-order chi connectivity index (χ0) is 13.3. The maximum Gasteiger partial charge on any atom is 0.128 e. The lowest BCUT2D eigenvalue weighted by molar-refractivity contribution is 0.0211. The Balaban J connectivity index is 2.45. The second kappa shape index (κ2) is 9.02. The van der Waals surface area contributed by atoms with Gasteiger partial charge in [-0.25, -0.2) is 0 Å². The summed E-state index contributed by atoms with van der Waals surface area (Å²) in [7, 11) is 0.821. The van der Waals surface area contributed by atoms with Crippen LogP contribution in [0.4, 0.5) is 0 Å². The van der Waals surface area contributed by atoms with E-state index >= 15 is 0 Å². The van der Waals surface area contributed by atoms with Crippen molar-refractivity contribution in [2.24, 2.45) is 0 Å². The second-order valence-corrected chi connectivity index (χ2v) is 8.06. The summed E-state index contributed by atoms with van der Waals surface area (Å²) in [4.78, 5) is -0.0743. The van der Waals surface area contributed by atoms with Gasteiger partial charge in [0, 0.05) is 5.88 Å². The number of hydrogen-bond donors (Lipinski definition) is 0. The Morgan fingerprint density at radius 2 is 2.06 bits per heavy atom. The van der Waals surface area contributed by atoms with Crippen LogP contribution in [0.3, 0.4) is 0 Å². The first-order valence-corrected chi connectivity index (χ1v) is 9.63. The summed E-state index contributed by atoms with van der Waals surface area (Å²) in [5.74, 6) is 0.742. The Morgan fingerprint density at radius 1 is 1.33 bits per heavy atom. The number of ether oxygens (including phenoxy) is 1. The molecule has 0 bridgehead atoms. The molecule has 0 amide bonds. The smallest absolute Gasteiger partial charge is 0.128 e. The van der Waals surface area contributed by atoms with Gasteiger partial charge in [-0.1, -0.05) is 43.7 Å². The van der Waals surface area contributed by atoms with E-state index in [2.05, 4.69) is 38.1 Å². The first-order valence-electron chi connectivity index (χ1n) is 6.35. The molecule has 1 aromatic rings. The van der Waals surface area contributed by atoms with Gasteiger partial charge in [0.25, 0.3) is 0 Å². The highest BCUT2D eigenvalue weighted by Crippen LogP contribution is 2.32. The topological polar surface area (TPSA) is 9.23 Å². The van der Waals surface area contributed by atoms with Gasteiger partial charge in [0.05, 0.1) is 6.61 Å². The molecule has 0 saturated carbocycles. The molecule has 1 rings (SSSR count). The van der Waals surface area contributed by atoms with Crippen LogP contribution in [0.15, 0.2) is 30.3 Å². The van der Waals surface area contributed by atoms with Gasteiger partial charge in [0.15, 0.2) is 0 Å². The molecule has 1 nitrogen and oxygen atoms in total. The van der Waals surface area contributed by atoms with E-state index in [-0.39, 0.29) is 4.93 Å². The van der Waals surface area contributed by atoms with E-state index in [1.807, 2.05) is 17.3 Å². The molecule has 0 spiro atoms. The van der Waals surface area contributed by atoms with Gasteiger partial charge in [-0.2, -0.15) is 11.2 Å². The van der Waals surface area contributed by atoms with Crippen LogP contribution in [-0.4, -0.2) is 19.5 Å². The molecule has 100 valence electrons. The molecule has 0 aliphatic rings. The number of rotatable bonds is 9. The van der Waals surface area contributed by atoms with Crippen molar-refractivity contribution in [3.8, 4) is 0 Å². The molecule has 18 heavy (non-hydrogen) atoms. The summed E-state index contributed by atoms with van der Waals surface area (Å²) in [6.07, 6.45) is 2.23. The largest absolute Gasteiger partial charge is 0.361 e. The summed E-state index contributed by atoms with van der Waals surface area (Å²) in [6.45, 7) is 5.09. The van der Waals surface area contributed by atoms with Crippen molar-refractivity contribution in [3.05, 3.63) is 35.9 Å². The third-order valence-electron chi connectivity index (χ3n) is 2.58. The fraction of sp³-hybridized carbons (Fsp3) is 0.571. The summed E-state index contributed by atoms with van der Waals surface area (Å²) < 4.78 is 6.13. The maximum atomic E-state index is 6.13. The zero-order valence-corrected chi connectivity index (χ0v) is 13.7. The van der Waals surface area contributed by atoms with E-state index in [4.69, 9.17) is 16.3 Å². The van der Waals surface area contributed by atoms with Crippen molar-refractivity contribution in [2.75, 3.05) is 5.88 Å². The van der Waals surface area contributed by atoms with E-state index < -0.39 is 0 Å². The molecule has 0 saturated heterocycles. The Morgan fingerprint density at radius 3 is 2.67 bits per heavy atom. The molecule has 1 atom stereocenters. The minimum absolute atomic E-state index is 0.0743. The molecule has 0 aliphatic heterocycles. The lowest BCUT2D eigenvalue weighted by Crippen LogP contribution is -2.25. The summed E-state index contributed by atoms with van der Waals surface area (Å²) in [6, 6.07) is 11.4. The lowest BCUT2D eigenvalue weighted by atomic mass is 10.2. The van der Waals surface area contributed by atoms with E-state index in [0.717, 1.165) is 33.4 Å². The number of halogens is 1. The van der Waals surface area contributed by atoms with Crippen LogP contribution in [0.2, 0.25) is 6.04 Å². The van der Waals surface area contributed by atoms with E-state index in [1.165, 1.54) is 5.56 Å². The normalized spacial score (nSPS) is 14.4. The second-order valence-electron chi connectivity index (χ2n) is 4.34. The van der Waals surface area contributed by atoms with Crippen LogP contribution in [0.5, 0.6) is 0 Å². The minimum atomic E-state index is -0.0743. The Labute approximate surface area is 122 Å². The van der Waals surface area contributed by atoms with Crippen LogP contribution >= 0.6 is 22.8 Å². The monoisotopic (exact) mass is 300 g/mol. The standard InChI is InChI=1S/C14H21ClOSSi/c1-3-9-14(2,17-18-11-10-15)16-12-13-7-5-4-6-8-13/h4-8H,3,9-12H2,1-2H3. The Bertz CT molecular complexity index is 323. The van der Waals surface area contributed by atoms with Gasteiger partial charge < -0.3 is 4.74 Å². The van der Waals surface area contributed by atoms with Crippen LogP contribution in [-0.2, 0) is 11.3 Å². The van der Waals surface area contributed by atoms with E-state index in [9.17, 15) is 0 Å². The molecule has 0 aromatic heterocycles. The molecular formula is C14H21ClOSSi. The van der Waals surface area contributed by atoms with Gasteiger partial charge in [-0.3, -0.25) is 0 Å². The van der Waals surface area contributed by atoms with Crippen molar-refractivity contribution in [1.29, 1.82) is 0 Å². The van der Waals surface area contributed by atoms with Crippen molar-refractivity contribution in [2.45, 2.75) is 44.3 Å². The van der Waals surface area contributed by atoms with Gasteiger partial charge in [0.2, 0.25) is 0 Å². The predicted octanol–water partition coefficient (Wildman–Crippen LogP) is 4.73. The summed E-state index contributed by atoms with van der Waals surface area (Å²) >= 11 is 7.65. The average molecular weight is 301 g/mol. The first kappa shape index (κ1) is 16.1. The van der Waals surface area contributed by atoms with Gasteiger partial charge in [0.1, 0.15) is 13.6 Å². The fourth-order valence-electron chi connectivity index (χ4n) is 1.66. The molecule has 4 heteroatoms. The number of benzene rings is 1. The molecule has 2 radical (unpaired) electrons. The molecule has 0 aliphatic carbocycles. The quantitative estimate of drug-likeness (QED) is 0.282. The van der Waals surface area contributed by atoms with E-state index in [0.29, 0.717) is 6.61 Å². The predicted molar refractivity (Wildman–Crippen MR) is 83.4 cm³/mol. The van der Waals surface area contributed by atoms with Crippen LogP contribution in [0.25, 0.3) is 0 Å². The molecule has 0 fully saturated rings. The third kappa shape index (κ3) is 6.28. The fourth-order valence-corrected chi connectivity index (χ4v) is 5.20. The molecule has 1 aromatic carbocycles. The van der Waals surface area contributed by atoms with Crippen molar-refractivity contribution in [3.63, 3.8) is 0 Å². The molecule has 1 unspecified atom stereocenters. The van der Waals surface area contributed by atoms with Crippen molar-refractivity contribution in [1.82, 2.24) is 0 Å². The van der Waals surface area contributed by atoms with Crippen molar-refractivity contribution < 1.29 is 4.74 Å². The Hall–Kier alpha value is 0.0369. The zero-order valence-electron chi connectivity index (χ0n) is 11.1. The minimum Gasteiger partial charge on any atom is -0.361 e. The van der Waals surface area contributed by atoms with Gasteiger partial charge in [-0.15, -0.1) is 11.6 Å². The third-order valence-corrected chi connectivity index (χ3v) is 6.77. The average Bonchev–Trinajstić information content (AvgIpc) is 2.39. The SMILES string of the molecule is CCCC(C)(OCc1ccccc1)S[Si]CCCl. The van der Waals surface area contributed by atoms with Crippen LogP contribution in [0.1, 0.15) is 32.3 Å². The summed E-state index contributed by atoms with van der Waals surface area (Å²) in [5, 5.41) is 0. The summed E-state index contributed by atoms with van der Waals surface area (Å²) in [5.41, 5.74) is 1.24. The lowest BCUT2D eigenvalue weighted by Gasteiger charge is -2.29. The van der Waals surface area contributed by atoms with Crippen LogP contribution < -0.4 is 0 Å². The highest BCUT2D eigenvalue weighted by atomic mass is 35.5. The van der Waals surface area contributed by atoms with Crippen LogP contribution in [0, 0.1) is 0 Å². The molecule has 0 heterocycles. The van der Waals surface area contributed by atoms with Crippen molar-refractivity contribution >= 4 is 31.5 Å². The number of hydrogen-bond acceptors (Lipinski definition) is 2. The highest BCUT2D eigenvalue weighted by molar-refractivity contribution is 8.23. The van der Waals surface area contributed by atoms with Gasteiger partial charge in [-0.05, 0) is 25.0 Å². The molecule has 0 N–H and O–H groups in total. The first-order chi connectivity index (χ1) is 8.70. The van der Waals surface area contributed by atoms with E-state index in [1.54, 1.807) is 0 Å². The highest BCUT2D eigenvalue weighted by Gasteiger charge is 2.24. The maximum absolute atomic E-state index is 6.13. The Kier molecular flexibility index (Phi) is 8.07. The molecular weight excluding hydrogens is 280 g/mol.